The van der Waals surface area contributed by atoms with Crippen molar-refractivity contribution >= 4 is 17.9 Å². The van der Waals surface area contributed by atoms with Gasteiger partial charge in [-0.2, -0.15) is 0 Å². The van der Waals surface area contributed by atoms with Gasteiger partial charge in [0.15, 0.2) is 28.8 Å². The van der Waals surface area contributed by atoms with Gasteiger partial charge < -0.3 is 18.9 Å². The van der Waals surface area contributed by atoms with Crippen molar-refractivity contribution in [2.45, 2.75) is 66.6 Å². The van der Waals surface area contributed by atoms with Crippen LogP contribution in [0.3, 0.4) is 0 Å². The summed E-state index contributed by atoms with van der Waals surface area (Å²) < 4.78 is 23.2. The van der Waals surface area contributed by atoms with E-state index in [1.807, 2.05) is 90.1 Å². The van der Waals surface area contributed by atoms with Crippen LogP contribution >= 0.6 is 0 Å². The van der Waals surface area contributed by atoms with E-state index in [1.54, 1.807) is 0 Å². The Morgan fingerprint density at radius 2 is 1.12 bits per heavy atom. The minimum Gasteiger partial charge on any atom is -0.490 e. The normalized spacial score (nSPS) is 16.1. The third-order valence-corrected chi connectivity index (χ3v) is 5.19. The van der Waals surface area contributed by atoms with Gasteiger partial charge in [0, 0.05) is 11.1 Å². The minimum absolute atomic E-state index is 0.0572. The summed E-state index contributed by atoms with van der Waals surface area (Å²) in [6.45, 7) is 12.9. The Hall–Kier alpha value is -3.21. The van der Waals surface area contributed by atoms with Gasteiger partial charge in [-0.15, -0.1) is 0 Å². The lowest BCUT2D eigenvalue weighted by Gasteiger charge is -2.15. The topological polar surface area (TPSA) is 54.0 Å². The van der Waals surface area contributed by atoms with Gasteiger partial charge in [0.2, 0.25) is 0 Å². The highest BCUT2D eigenvalue weighted by molar-refractivity contribution is 6.15. The van der Waals surface area contributed by atoms with Gasteiger partial charge in [-0.1, -0.05) is 12.1 Å². The Morgan fingerprint density at radius 3 is 1.47 bits per heavy atom. The van der Waals surface area contributed by atoms with E-state index in [2.05, 4.69) is 0 Å². The number of hydrogen-bond donors (Lipinski definition) is 0. The number of carbonyl (C=O) groups excluding carboxylic acids is 1. The fourth-order valence-corrected chi connectivity index (χ4v) is 3.85. The lowest BCUT2D eigenvalue weighted by molar-refractivity contribution is -0.111. The molecule has 2 aromatic rings. The van der Waals surface area contributed by atoms with E-state index < -0.39 is 0 Å². The van der Waals surface area contributed by atoms with Crippen LogP contribution in [-0.2, 0) is 4.79 Å². The molecule has 5 nitrogen and oxygen atoms in total. The lowest BCUT2D eigenvalue weighted by atomic mass is 10.1. The molecule has 0 aliphatic heterocycles. The zero-order chi connectivity index (χ0) is 24.7. The van der Waals surface area contributed by atoms with E-state index in [9.17, 15) is 4.79 Å². The van der Waals surface area contributed by atoms with E-state index in [0.29, 0.717) is 49.1 Å². The maximum Gasteiger partial charge on any atom is 0.185 e. The van der Waals surface area contributed by atoms with Gasteiger partial charge in [-0.05, 0) is 102 Å². The van der Waals surface area contributed by atoms with Gasteiger partial charge in [-0.3, -0.25) is 4.79 Å². The smallest absolute Gasteiger partial charge is 0.185 e. The van der Waals surface area contributed by atoms with Crippen molar-refractivity contribution in [2.75, 3.05) is 13.2 Å². The maximum absolute atomic E-state index is 13.1. The van der Waals surface area contributed by atoms with Crippen LogP contribution in [0.1, 0.15) is 65.5 Å². The molecule has 0 saturated heterocycles. The fraction of sp³-hybridized carbons (Fsp3) is 0.414. The molecule has 34 heavy (non-hydrogen) atoms. The molecular weight excluding hydrogens is 428 g/mol. The molecular formula is C29H36O5. The molecule has 0 amide bonds. The summed E-state index contributed by atoms with van der Waals surface area (Å²) in [6.07, 6.45) is 5.45. The average molecular weight is 465 g/mol. The molecule has 0 spiro atoms. The highest BCUT2D eigenvalue weighted by atomic mass is 16.5. The van der Waals surface area contributed by atoms with E-state index in [0.717, 1.165) is 22.3 Å². The molecule has 1 aliphatic rings. The van der Waals surface area contributed by atoms with Crippen molar-refractivity contribution in [1.29, 1.82) is 0 Å². The third-order valence-electron chi connectivity index (χ3n) is 5.19. The summed E-state index contributed by atoms with van der Waals surface area (Å²) in [5.41, 5.74) is 3.46. The first kappa shape index (κ1) is 25.4. The van der Waals surface area contributed by atoms with Crippen molar-refractivity contribution in [3.05, 3.63) is 58.7 Å². The summed E-state index contributed by atoms with van der Waals surface area (Å²) in [4.78, 5) is 13.1. The summed E-state index contributed by atoms with van der Waals surface area (Å²) in [7, 11) is 0. The monoisotopic (exact) mass is 464 g/mol. The quantitative estimate of drug-likeness (QED) is 0.358. The maximum atomic E-state index is 13.1. The summed E-state index contributed by atoms with van der Waals surface area (Å²) in [5.74, 6) is 2.90. The largest absolute Gasteiger partial charge is 0.490 e. The number of hydrogen-bond acceptors (Lipinski definition) is 5. The Morgan fingerprint density at radius 1 is 0.706 bits per heavy atom. The second kappa shape index (κ2) is 11.8. The van der Waals surface area contributed by atoms with Crippen molar-refractivity contribution in [1.82, 2.24) is 0 Å². The van der Waals surface area contributed by atoms with Gasteiger partial charge in [-0.25, -0.2) is 0 Å². The molecule has 0 N–H and O–H groups in total. The summed E-state index contributed by atoms with van der Waals surface area (Å²) in [5, 5.41) is 0. The van der Waals surface area contributed by atoms with E-state index in [-0.39, 0.29) is 18.0 Å². The molecule has 0 aromatic heterocycles. The van der Waals surface area contributed by atoms with E-state index in [1.165, 1.54) is 0 Å². The predicted octanol–water partition coefficient (Wildman–Crippen LogP) is 6.89. The molecule has 1 aliphatic carbocycles. The van der Waals surface area contributed by atoms with Crippen molar-refractivity contribution in [2.24, 2.45) is 0 Å². The van der Waals surface area contributed by atoms with Crippen LogP contribution in [0.25, 0.3) is 12.2 Å². The minimum atomic E-state index is 0.0572. The van der Waals surface area contributed by atoms with E-state index >= 15 is 0 Å². The van der Waals surface area contributed by atoms with Gasteiger partial charge in [0.05, 0.1) is 25.4 Å². The first-order valence-electron chi connectivity index (χ1n) is 12.1. The molecule has 182 valence electrons. The van der Waals surface area contributed by atoms with Crippen LogP contribution in [0.4, 0.5) is 0 Å². The third kappa shape index (κ3) is 6.66. The SMILES string of the molecule is CCOc1cc(/C=C2/CC/C(=C\c3ccc(OC(C)C)c(OCC)c3)C2=O)ccc1OC(C)C. The highest BCUT2D eigenvalue weighted by Gasteiger charge is 2.23. The Labute approximate surface area is 203 Å². The number of Topliss-reactive ketones (excluding diaryl/α,β-unsaturated/α-hetero) is 1. The van der Waals surface area contributed by atoms with Crippen molar-refractivity contribution < 1.29 is 23.7 Å². The molecule has 1 saturated carbocycles. The molecule has 2 aromatic carbocycles. The van der Waals surface area contributed by atoms with Crippen molar-refractivity contribution in [3.8, 4) is 23.0 Å². The number of ketones is 1. The molecule has 3 rings (SSSR count). The Kier molecular flexibility index (Phi) is 8.80. The van der Waals surface area contributed by atoms with E-state index in [4.69, 9.17) is 18.9 Å². The number of benzene rings is 2. The fourth-order valence-electron chi connectivity index (χ4n) is 3.85. The lowest BCUT2D eigenvalue weighted by Crippen LogP contribution is -2.07. The highest BCUT2D eigenvalue weighted by Crippen LogP contribution is 2.35. The second-order valence-corrected chi connectivity index (χ2v) is 8.78. The molecule has 0 bridgehead atoms. The van der Waals surface area contributed by atoms with Crippen LogP contribution in [0.2, 0.25) is 0 Å². The average Bonchev–Trinajstić information content (AvgIpc) is 3.11. The Balaban J connectivity index is 1.83. The number of rotatable bonds is 10. The van der Waals surface area contributed by atoms with Crippen LogP contribution in [-0.4, -0.2) is 31.2 Å². The predicted molar refractivity (Wildman–Crippen MR) is 137 cm³/mol. The van der Waals surface area contributed by atoms with Crippen molar-refractivity contribution in [3.63, 3.8) is 0 Å². The van der Waals surface area contributed by atoms with Crippen LogP contribution in [0, 0.1) is 0 Å². The van der Waals surface area contributed by atoms with Gasteiger partial charge in [0.25, 0.3) is 0 Å². The number of ether oxygens (including phenoxy) is 4. The molecule has 5 heteroatoms. The molecule has 0 unspecified atom stereocenters. The summed E-state index contributed by atoms with van der Waals surface area (Å²) >= 11 is 0. The zero-order valence-electron chi connectivity index (χ0n) is 21.1. The standard InChI is InChI=1S/C29H36O5/c1-7-31-27-17-21(9-13-25(27)33-19(3)4)15-23-11-12-24(29(23)30)16-22-10-14-26(34-20(5)6)28(18-22)32-8-2/h9-10,13-20H,7-8,11-12H2,1-6H3/b23-15-,24-16+. The molecule has 1 fully saturated rings. The zero-order valence-corrected chi connectivity index (χ0v) is 21.1. The first-order chi connectivity index (χ1) is 16.3. The van der Waals surface area contributed by atoms with Gasteiger partial charge >= 0.3 is 0 Å². The summed E-state index contributed by atoms with van der Waals surface area (Å²) in [6, 6.07) is 11.6. The molecule has 0 radical (unpaired) electrons. The molecule has 0 heterocycles. The van der Waals surface area contributed by atoms with Crippen LogP contribution in [0.5, 0.6) is 23.0 Å². The number of allylic oxidation sites excluding steroid dienone is 2. The van der Waals surface area contributed by atoms with Crippen LogP contribution in [0.15, 0.2) is 47.5 Å². The molecule has 0 atom stereocenters. The van der Waals surface area contributed by atoms with Crippen LogP contribution < -0.4 is 18.9 Å². The van der Waals surface area contributed by atoms with Gasteiger partial charge in [0.1, 0.15) is 0 Å². The first-order valence-corrected chi connectivity index (χ1v) is 12.1. The second-order valence-electron chi connectivity index (χ2n) is 8.78. The number of carbonyl (C=O) groups is 1. The Bertz CT molecular complexity index is 979.